The molecule has 1 aromatic carbocycles. The Morgan fingerprint density at radius 2 is 1.51 bits per heavy atom. The lowest BCUT2D eigenvalue weighted by molar-refractivity contribution is -0.133. The summed E-state index contributed by atoms with van der Waals surface area (Å²) in [4.78, 5) is 24.3. The molecule has 0 bridgehead atoms. The first-order valence-electron chi connectivity index (χ1n) is 13.9. The predicted octanol–water partition coefficient (Wildman–Crippen LogP) is 7.05. The van der Waals surface area contributed by atoms with Gasteiger partial charge in [0.25, 0.3) is 0 Å². The van der Waals surface area contributed by atoms with Crippen molar-refractivity contribution in [2.24, 2.45) is 0 Å². The molecular formula is C31H47NO5. The Balaban J connectivity index is 2.00. The van der Waals surface area contributed by atoms with Crippen LogP contribution in [-0.4, -0.2) is 42.8 Å². The van der Waals surface area contributed by atoms with Crippen LogP contribution >= 0.6 is 0 Å². The third-order valence-electron chi connectivity index (χ3n) is 5.79. The van der Waals surface area contributed by atoms with Crippen molar-refractivity contribution >= 4 is 11.9 Å². The molecule has 1 amide bonds. The van der Waals surface area contributed by atoms with Gasteiger partial charge < -0.3 is 19.9 Å². The largest absolute Gasteiger partial charge is 0.507 e. The van der Waals surface area contributed by atoms with Crippen molar-refractivity contribution in [2.45, 2.75) is 90.6 Å². The van der Waals surface area contributed by atoms with Crippen molar-refractivity contribution in [3.05, 3.63) is 66.3 Å². The van der Waals surface area contributed by atoms with Crippen LogP contribution in [-0.2, 0) is 14.3 Å². The van der Waals surface area contributed by atoms with Crippen molar-refractivity contribution in [1.29, 1.82) is 0 Å². The second-order valence-corrected chi connectivity index (χ2v) is 8.92. The van der Waals surface area contributed by atoms with E-state index in [9.17, 15) is 14.7 Å². The second kappa shape index (κ2) is 22.3. The molecule has 0 radical (unpaired) electrons. The van der Waals surface area contributed by atoms with E-state index < -0.39 is 12.1 Å². The zero-order chi connectivity index (χ0) is 27.0. The number of hydrogen-bond donors (Lipinski definition) is 2. The van der Waals surface area contributed by atoms with E-state index in [0.717, 1.165) is 38.5 Å². The normalized spacial score (nSPS) is 12.5. The zero-order valence-corrected chi connectivity index (χ0v) is 22.8. The first kappa shape index (κ1) is 32.2. The number of ether oxygens (including phenoxy) is 2. The molecule has 0 aliphatic carbocycles. The summed E-state index contributed by atoms with van der Waals surface area (Å²) in [6, 6.07) is 6.19. The van der Waals surface area contributed by atoms with E-state index in [1.165, 1.54) is 37.8 Å². The average Bonchev–Trinajstić information content (AvgIpc) is 2.90. The molecule has 0 saturated carbocycles. The molecule has 2 N–H and O–H groups in total. The monoisotopic (exact) mass is 513 g/mol. The number of allylic oxidation sites excluding steroid dienone is 6. The van der Waals surface area contributed by atoms with Gasteiger partial charge in [-0.05, 0) is 57.1 Å². The fraction of sp³-hybridized carbons (Fsp3) is 0.548. The number of phenols is 1. The standard InChI is InChI=1S/C31H47NO5/c1-3-5-6-7-8-9-10-11-12-13-14-15-16-17-18-21-25-36-29(4-2)30(34)32-24-26-37-31(35)27-22-19-20-23-28(27)33/h5-6,8-9,11-12,19-20,22-23,29,33H,3-4,7,10,13-18,21,24-26H2,1-2H3,(H,32,34). The van der Waals surface area contributed by atoms with Crippen LogP contribution in [0.15, 0.2) is 60.7 Å². The van der Waals surface area contributed by atoms with Gasteiger partial charge in [0, 0.05) is 6.61 Å². The molecule has 6 heteroatoms. The van der Waals surface area contributed by atoms with Gasteiger partial charge in [-0.1, -0.05) is 88.1 Å². The molecule has 37 heavy (non-hydrogen) atoms. The summed E-state index contributed by atoms with van der Waals surface area (Å²) in [6.07, 6.45) is 24.7. The topological polar surface area (TPSA) is 84.9 Å². The second-order valence-electron chi connectivity index (χ2n) is 8.92. The Kier molecular flexibility index (Phi) is 19.4. The minimum atomic E-state index is -0.619. The molecule has 1 aromatic rings. The Morgan fingerprint density at radius 3 is 2.22 bits per heavy atom. The highest BCUT2D eigenvalue weighted by Crippen LogP contribution is 2.16. The maximum absolute atomic E-state index is 12.3. The number of aromatic hydroxyl groups is 1. The lowest BCUT2D eigenvalue weighted by Crippen LogP contribution is -2.38. The van der Waals surface area contributed by atoms with Crippen LogP contribution in [0.2, 0.25) is 0 Å². The number of amides is 1. The summed E-state index contributed by atoms with van der Waals surface area (Å²) in [6.45, 7) is 4.86. The van der Waals surface area contributed by atoms with Crippen LogP contribution in [0.3, 0.4) is 0 Å². The molecule has 0 saturated heterocycles. The Hall–Kier alpha value is -2.86. The van der Waals surface area contributed by atoms with Crippen LogP contribution < -0.4 is 5.32 Å². The Labute approximate surface area is 223 Å². The SMILES string of the molecule is CCC=CCC=CCC=CCCCCCCCCOC(CC)C(=O)NCCOC(=O)c1ccccc1O. The molecule has 0 aromatic heterocycles. The summed E-state index contributed by atoms with van der Waals surface area (Å²) in [7, 11) is 0. The lowest BCUT2D eigenvalue weighted by atomic mass is 10.1. The molecule has 0 heterocycles. The number of hydrogen-bond acceptors (Lipinski definition) is 5. The smallest absolute Gasteiger partial charge is 0.341 e. The van der Waals surface area contributed by atoms with E-state index >= 15 is 0 Å². The lowest BCUT2D eigenvalue weighted by Gasteiger charge is -2.16. The predicted molar refractivity (Wildman–Crippen MR) is 151 cm³/mol. The van der Waals surface area contributed by atoms with Crippen LogP contribution in [0.25, 0.3) is 0 Å². The van der Waals surface area contributed by atoms with Gasteiger partial charge in [0.05, 0.1) is 6.54 Å². The maximum atomic E-state index is 12.3. The van der Waals surface area contributed by atoms with Gasteiger partial charge in [0.1, 0.15) is 24.0 Å². The first-order chi connectivity index (χ1) is 18.1. The van der Waals surface area contributed by atoms with Crippen LogP contribution in [0.5, 0.6) is 5.75 Å². The highest BCUT2D eigenvalue weighted by Gasteiger charge is 2.17. The summed E-state index contributed by atoms with van der Waals surface area (Å²) in [5.74, 6) is -0.942. The Bertz CT molecular complexity index is 831. The van der Waals surface area contributed by atoms with Crippen molar-refractivity contribution in [2.75, 3.05) is 19.8 Å². The number of nitrogens with one attached hydrogen (secondary N) is 1. The molecule has 1 rings (SSSR count). The third-order valence-corrected chi connectivity index (χ3v) is 5.79. The molecule has 0 aliphatic rings. The molecule has 0 aliphatic heterocycles. The first-order valence-corrected chi connectivity index (χ1v) is 13.9. The van der Waals surface area contributed by atoms with E-state index in [0.29, 0.717) is 13.0 Å². The van der Waals surface area contributed by atoms with E-state index in [-0.39, 0.29) is 30.4 Å². The highest BCUT2D eigenvalue weighted by molar-refractivity contribution is 5.92. The van der Waals surface area contributed by atoms with Gasteiger partial charge in [0.15, 0.2) is 0 Å². The summed E-state index contributed by atoms with van der Waals surface area (Å²) in [5, 5.41) is 12.4. The van der Waals surface area contributed by atoms with E-state index in [1.54, 1.807) is 12.1 Å². The number of phenolic OH excluding ortho intramolecular Hbond substituents is 1. The van der Waals surface area contributed by atoms with Crippen molar-refractivity contribution in [3.63, 3.8) is 0 Å². The van der Waals surface area contributed by atoms with Crippen molar-refractivity contribution in [1.82, 2.24) is 5.32 Å². The molecule has 6 nitrogen and oxygen atoms in total. The minimum absolute atomic E-state index is 0.0269. The van der Waals surface area contributed by atoms with Crippen LogP contribution in [0.1, 0.15) is 94.8 Å². The molecule has 1 atom stereocenters. The average molecular weight is 514 g/mol. The van der Waals surface area contributed by atoms with Gasteiger partial charge in [0.2, 0.25) is 5.91 Å². The number of carbonyl (C=O) groups excluding carboxylic acids is 2. The van der Waals surface area contributed by atoms with Crippen LogP contribution in [0.4, 0.5) is 0 Å². The summed E-state index contributed by atoms with van der Waals surface area (Å²) >= 11 is 0. The van der Waals surface area contributed by atoms with Crippen LogP contribution in [0, 0.1) is 0 Å². The van der Waals surface area contributed by atoms with Gasteiger partial charge in [-0.2, -0.15) is 0 Å². The number of carbonyl (C=O) groups is 2. The fourth-order valence-corrected chi connectivity index (χ4v) is 3.66. The molecule has 206 valence electrons. The summed E-state index contributed by atoms with van der Waals surface area (Å²) in [5.41, 5.74) is 0.107. The van der Waals surface area contributed by atoms with Gasteiger partial charge in [-0.25, -0.2) is 4.79 Å². The maximum Gasteiger partial charge on any atom is 0.341 e. The number of unbranched alkanes of at least 4 members (excludes halogenated alkanes) is 6. The highest BCUT2D eigenvalue weighted by atomic mass is 16.5. The number of para-hydroxylation sites is 1. The Morgan fingerprint density at radius 1 is 0.865 bits per heavy atom. The number of benzene rings is 1. The quantitative estimate of drug-likeness (QED) is 0.104. The van der Waals surface area contributed by atoms with E-state index in [4.69, 9.17) is 9.47 Å². The third kappa shape index (κ3) is 16.5. The molecule has 0 fully saturated rings. The number of rotatable bonds is 21. The van der Waals surface area contributed by atoms with Crippen molar-refractivity contribution < 1.29 is 24.2 Å². The minimum Gasteiger partial charge on any atom is -0.507 e. The van der Waals surface area contributed by atoms with Gasteiger partial charge >= 0.3 is 5.97 Å². The molecule has 0 spiro atoms. The molecule has 1 unspecified atom stereocenters. The molecular weight excluding hydrogens is 466 g/mol. The van der Waals surface area contributed by atoms with Crippen molar-refractivity contribution in [3.8, 4) is 5.75 Å². The van der Waals surface area contributed by atoms with Gasteiger partial charge in [-0.15, -0.1) is 0 Å². The zero-order valence-electron chi connectivity index (χ0n) is 22.8. The van der Waals surface area contributed by atoms with Gasteiger partial charge in [-0.3, -0.25) is 4.79 Å². The van der Waals surface area contributed by atoms with E-state index in [1.807, 2.05) is 6.92 Å². The number of esters is 1. The van der Waals surface area contributed by atoms with E-state index in [2.05, 4.69) is 48.7 Å². The summed E-state index contributed by atoms with van der Waals surface area (Å²) < 4.78 is 10.9. The fourth-order valence-electron chi connectivity index (χ4n) is 3.66.